The van der Waals surface area contributed by atoms with Gasteiger partial charge in [0.1, 0.15) is 0 Å². The van der Waals surface area contributed by atoms with Gasteiger partial charge in [0.15, 0.2) is 0 Å². The zero-order chi connectivity index (χ0) is 19.0. The molecule has 0 bridgehead atoms. The van der Waals surface area contributed by atoms with E-state index in [1.807, 2.05) is 0 Å². The van der Waals surface area contributed by atoms with Crippen LogP contribution >= 0.6 is 0 Å². The van der Waals surface area contributed by atoms with Gasteiger partial charge in [-0.05, 0) is 48.5 Å². The zero-order valence-corrected chi connectivity index (χ0v) is 16.5. The maximum Gasteiger partial charge on any atom is 0.0472 e. The molecule has 4 rings (SSSR count). The molecule has 1 N–H and O–H groups in total. The molecule has 0 spiro atoms. The van der Waals surface area contributed by atoms with E-state index in [0.717, 1.165) is 26.2 Å². The van der Waals surface area contributed by atoms with Crippen LogP contribution in [0.2, 0.25) is 0 Å². The van der Waals surface area contributed by atoms with E-state index in [2.05, 4.69) is 101 Å². The van der Waals surface area contributed by atoms with Crippen LogP contribution < -0.4 is 5.32 Å². The number of piperidine rings is 1. The Morgan fingerprint density at radius 2 is 1.32 bits per heavy atom. The van der Waals surface area contributed by atoms with Crippen LogP contribution in [0, 0.1) is 0 Å². The molecule has 1 fully saturated rings. The van der Waals surface area contributed by atoms with Crippen LogP contribution in [-0.4, -0.2) is 24.5 Å². The van der Waals surface area contributed by atoms with Gasteiger partial charge in [-0.15, -0.1) is 0 Å². The van der Waals surface area contributed by atoms with E-state index < -0.39 is 0 Å². The topological polar surface area (TPSA) is 15.3 Å². The second kappa shape index (κ2) is 9.68. The smallest absolute Gasteiger partial charge is 0.0472 e. The Morgan fingerprint density at radius 1 is 0.750 bits per heavy atom. The third kappa shape index (κ3) is 4.89. The molecule has 3 aromatic carbocycles. The van der Waals surface area contributed by atoms with Crippen LogP contribution in [0.15, 0.2) is 91.0 Å². The summed E-state index contributed by atoms with van der Waals surface area (Å²) in [7, 11) is 0. The first-order valence-electron chi connectivity index (χ1n) is 10.5. The van der Waals surface area contributed by atoms with Gasteiger partial charge in [0.05, 0.1) is 0 Å². The third-order valence-electron chi connectivity index (χ3n) is 5.94. The van der Waals surface area contributed by atoms with E-state index in [-0.39, 0.29) is 0 Å². The fourth-order valence-electron chi connectivity index (χ4n) is 4.35. The Bertz CT molecular complexity index is 809. The highest BCUT2D eigenvalue weighted by Crippen LogP contribution is 2.32. The number of rotatable bonds is 7. The molecule has 1 aliphatic rings. The molecule has 3 aromatic rings. The molecule has 0 radical (unpaired) electrons. The monoisotopic (exact) mass is 370 g/mol. The van der Waals surface area contributed by atoms with Crippen molar-refractivity contribution in [3.63, 3.8) is 0 Å². The quantitative estimate of drug-likeness (QED) is 0.599. The number of benzene rings is 3. The van der Waals surface area contributed by atoms with Crippen LogP contribution in [0.4, 0.5) is 0 Å². The maximum atomic E-state index is 3.70. The predicted octanol–water partition coefficient (Wildman–Crippen LogP) is 5.40. The number of likely N-dealkylation sites (tertiary alicyclic amines) is 1. The Morgan fingerprint density at radius 3 is 1.96 bits per heavy atom. The Labute approximate surface area is 169 Å². The lowest BCUT2D eigenvalue weighted by molar-refractivity contribution is 0.149. The Kier molecular flexibility index (Phi) is 6.54. The van der Waals surface area contributed by atoms with Crippen molar-refractivity contribution in [2.45, 2.75) is 31.3 Å². The van der Waals surface area contributed by atoms with Gasteiger partial charge in [0, 0.05) is 19.1 Å². The van der Waals surface area contributed by atoms with Gasteiger partial charge in [-0.1, -0.05) is 91.0 Å². The summed E-state index contributed by atoms with van der Waals surface area (Å²) in [5, 5.41) is 3.70. The summed E-state index contributed by atoms with van der Waals surface area (Å²) < 4.78 is 0. The molecule has 0 aliphatic carbocycles. The van der Waals surface area contributed by atoms with E-state index in [1.165, 1.54) is 29.5 Å². The SMILES string of the molecule is c1ccc(CNCC(c2ccccc2)N2CCC(c3ccccc3)CC2)cc1. The standard InChI is InChI=1S/C26H30N2/c1-4-10-22(11-5-1)20-27-21-26(25-14-8-3-9-15-25)28-18-16-24(17-19-28)23-12-6-2-7-13-23/h1-15,24,26-27H,16-21H2. The zero-order valence-electron chi connectivity index (χ0n) is 16.5. The van der Waals surface area contributed by atoms with E-state index in [0.29, 0.717) is 12.0 Å². The van der Waals surface area contributed by atoms with Crippen molar-refractivity contribution in [3.8, 4) is 0 Å². The molecule has 1 saturated heterocycles. The molecular formula is C26H30N2. The molecule has 0 aromatic heterocycles. The van der Waals surface area contributed by atoms with Crippen LogP contribution in [-0.2, 0) is 6.54 Å². The van der Waals surface area contributed by atoms with Crippen LogP contribution in [0.3, 0.4) is 0 Å². The number of hydrogen-bond acceptors (Lipinski definition) is 2. The lowest BCUT2D eigenvalue weighted by Gasteiger charge is -2.38. The first kappa shape index (κ1) is 18.9. The molecule has 1 atom stereocenters. The van der Waals surface area contributed by atoms with E-state index >= 15 is 0 Å². The van der Waals surface area contributed by atoms with Crippen molar-refractivity contribution in [3.05, 3.63) is 108 Å². The molecule has 1 aliphatic heterocycles. The molecule has 1 heterocycles. The van der Waals surface area contributed by atoms with Crippen molar-refractivity contribution in [1.82, 2.24) is 10.2 Å². The van der Waals surface area contributed by atoms with E-state index in [9.17, 15) is 0 Å². The summed E-state index contributed by atoms with van der Waals surface area (Å²) in [6.07, 6.45) is 2.48. The highest BCUT2D eigenvalue weighted by molar-refractivity contribution is 5.22. The molecule has 0 amide bonds. The maximum absolute atomic E-state index is 3.70. The number of nitrogens with zero attached hydrogens (tertiary/aromatic N) is 1. The van der Waals surface area contributed by atoms with Gasteiger partial charge in [-0.3, -0.25) is 4.90 Å². The average molecular weight is 371 g/mol. The summed E-state index contributed by atoms with van der Waals surface area (Å²) in [5.41, 5.74) is 4.26. The van der Waals surface area contributed by atoms with Gasteiger partial charge in [0.25, 0.3) is 0 Å². The average Bonchev–Trinajstić information content (AvgIpc) is 2.79. The Hall–Kier alpha value is -2.42. The molecule has 0 saturated carbocycles. The Balaban J connectivity index is 1.40. The molecular weight excluding hydrogens is 340 g/mol. The van der Waals surface area contributed by atoms with Crippen molar-refractivity contribution in [2.75, 3.05) is 19.6 Å². The largest absolute Gasteiger partial charge is 0.311 e. The predicted molar refractivity (Wildman–Crippen MR) is 117 cm³/mol. The minimum Gasteiger partial charge on any atom is -0.311 e. The fourth-order valence-corrected chi connectivity index (χ4v) is 4.35. The van der Waals surface area contributed by atoms with E-state index in [1.54, 1.807) is 0 Å². The molecule has 144 valence electrons. The summed E-state index contributed by atoms with van der Waals surface area (Å²) >= 11 is 0. The minimum absolute atomic E-state index is 0.432. The first-order chi connectivity index (χ1) is 13.9. The fraction of sp³-hybridized carbons (Fsp3) is 0.308. The number of nitrogens with one attached hydrogen (secondary N) is 1. The van der Waals surface area contributed by atoms with Crippen LogP contribution in [0.25, 0.3) is 0 Å². The highest BCUT2D eigenvalue weighted by Gasteiger charge is 2.26. The van der Waals surface area contributed by atoms with E-state index in [4.69, 9.17) is 0 Å². The van der Waals surface area contributed by atoms with Crippen LogP contribution in [0.5, 0.6) is 0 Å². The lowest BCUT2D eigenvalue weighted by Crippen LogP contribution is -2.40. The minimum atomic E-state index is 0.432. The van der Waals surface area contributed by atoms with Gasteiger partial charge >= 0.3 is 0 Å². The first-order valence-corrected chi connectivity index (χ1v) is 10.5. The summed E-state index contributed by atoms with van der Waals surface area (Å²) in [5.74, 6) is 0.700. The van der Waals surface area contributed by atoms with Crippen molar-refractivity contribution in [1.29, 1.82) is 0 Å². The second-order valence-electron chi connectivity index (χ2n) is 7.76. The normalized spacial score (nSPS) is 16.7. The van der Waals surface area contributed by atoms with Crippen molar-refractivity contribution in [2.24, 2.45) is 0 Å². The van der Waals surface area contributed by atoms with Gasteiger partial charge in [0.2, 0.25) is 0 Å². The number of hydrogen-bond donors (Lipinski definition) is 1. The summed E-state index contributed by atoms with van der Waals surface area (Å²) in [6, 6.07) is 33.1. The lowest BCUT2D eigenvalue weighted by atomic mass is 9.88. The highest BCUT2D eigenvalue weighted by atomic mass is 15.2. The molecule has 2 heteroatoms. The van der Waals surface area contributed by atoms with Crippen molar-refractivity contribution >= 4 is 0 Å². The van der Waals surface area contributed by atoms with Gasteiger partial charge < -0.3 is 5.32 Å². The van der Waals surface area contributed by atoms with Gasteiger partial charge in [-0.25, -0.2) is 0 Å². The molecule has 2 nitrogen and oxygen atoms in total. The molecule has 1 unspecified atom stereocenters. The van der Waals surface area contributed by atoms with Crippen molar-refractivity contribution < 1.29 is 0 Å². The van der Waals surface area contributed by atoms with Gasteiger partial charge in [-0.2, -0.15) is 0 Å². The molecule has 28 heavy (non-hydrogen) atoms. The third-order valence-corrected chi connectivity index (χ3v) is 5.94. The summed E-state index contributed by atoms with van der Waals surface area (Å²) in [4.78, 5) is 2.67. The van der Waals surface area contributed by atoms with Crippen LogP contribution in [0.1, 0.15) is 41.5 Å². The summed E-state index contributed by atoms with van der Waals surface area (Å²) in [6.45, 7) is 4.22. The second-order valence-corrected chi connectivity index (χ2v) is 7.76.